The molecule has 1 atom stereocenters. The summed E-state index contributed by atoms with van der Waals surface area (Å²) in [6.45, 7) is 4.07. The molecular weight excluding hydrogens is 282 g/mol. The summed E-state index contributed by atoms with van der Waals surface area (Å²) in [6.07, 6.45) is 0.590. The number of aryl methyl sites for hydroxylation is 2. The zero-order valence-corrected chi connectivity index (χ0v) is 12.4. The zero-order valence-electron chi connectivity index (χ0n) is 10.9. The van der Waals surface area contributed by atoms with Crippen LogP contribution in [0.15, 0.2) is 36.4 Å². The quantitative estimate of drug-likeness (QED) is 0.645. The summed E-state index contributed by atoms with van der Waals surface area (Å²) in [5.41, 5.74) is 3.93. The molecule has 0 heterocycles. The normalized spacial score (nSPS) is 12.5. The third-order valence-corrected chi connectivity index (χ3v) is 3.82. The number of benzene rings is 2. The van der Waals surface area contributed by atoms with Gasteiger partial charge in [-0.05, 0) is 49.6 Å². The van der Waals surface area contributed by atoms with Crippen molar-refractivity contribution < 1.29 is 4.39 Å². The van der Waals surface area contributed by atoms with E-state index >= 15 is 0 Å². The molecule has 2 aromatic rings. The predicted molar refractivity (Wildman–Crippen MR) is 79.6 cm³/mol. The van der Waals surface area contributed by atoms with Gasteiger partial charge in [-0.15, -0.1) is 11.6 Å². The third-order valence-electron chi connectivity index (χ3n) is 3.20. The highest BCUT2D eigenvalue weighted by Crippen LogP contribution is 2.30. The lowest BCUT2D eigenvalue weighted by atomic mass is 9.98. The molecule has 3 heteroatoms. The van der Waals surface area contributed by atoms with E-state index < -0.39 is 5.38 Å². The molecule has 19 heavy (non-hydrogen) atoms. The fraction of sp³-hybridized carbons (Fsp3) is 0.250. The summed E-state index contributed by atoms with van der Waals surface area (Å²) in [4.78, 5) is 0. The van der Waals surface area contributed by atoms with Crippen LogP contribution in [0.5, 0.6) is 0 Å². The van der Waals surface area contributed by atoms with Gasteiger partial charge in [-0.2, -0.15) is 0 Å². The minimum Gasteiger partial charge on any atom is -0.207 e. The zero-order chi connectivity index (χ0) is 14.0. The summed E-state index contributed by atoms with van der Waals surface area (Å²) >= 11 is 12.2. The fourth-order valence-electron chi connectivity index (χ4n) is 2.08. The first-order valence-electron chi connectivity index (χ1n) is 6.12. The SMILES string of the molecule is Cc1ccc(C)c(CC(Cl)c2cc(Cl)ccc2F)c1. The summed E-state index contributed by atoms with van der Waals surface area (Å²) in [5.74, 6) is -0.310. The summed E-state index contributed by atoms with van der Waals surface area (Å²) in [7, 11) is 0. The lowest BCUT2D eigenvalue weighted by Crippen LogP contribution is -2.01. The van der Waals surface area contributed by atoms with Gasteiger partial charge in [0.05, 0.1) is 5.38 Å². The Morgan fingerprint density at radius 2 is 1.84 bits per heavy atom. The Bertz CT molecular complexity index is 593. The van der Waals surface area contributed by atoms with E-state index in [1.807, 2.05) is 13.8 Å². The molecule has 0 aliphatic carbocycles. The van der Waals surface area contributed by atoms with Gasteiger partial charge in [0.15, 0.2) is 0 Å². The Morgan fingerprint density at radius 1 is 1.11 bits per heavy atom. The van der Waals surface area contributed by atoms with Crippen molar-refractivity contribution in [2.24, 2.45) is 0 Å². The van der Waals surface area contributed by atoms with Crippen molar-refractivity contribution in [3.05, 3.63) is 69.5 Å². The maximum Gasteiger partial charge on any atom is 0.128 e. The van der Waals surface area contributed by atoms with Crippen molar-refractivity contribution in [1.29, 1.82) is 0 Å². The molecule has 1 unspecified atom stereocenters. The van der Waals surface area contributed by atoms with Gasteiger partial charge >= 0.3 is 0 Å². The van der Waals surface area contributed by atoms with E-state index in [4.69, 9.17) is 23.2 Å². The molecule has 0 aromatic heterocycles. The Labute approximate surface area is 123 Å². The van der Waals surface area contributed by atoms with Crippen LogP contribution >= 0.6 is 23.2 Å². The van der Waals surface area contributed by atoms with E-state index in [0.29, 0.717) is 17.0 Å². The molecule has 0 N–H and O–H groups in total. The van der Waals surface area contributed by atoms with E-state index in [-0.39, 0.29) is 5.82 Å². The van der Waals surface area contributed by atoms with Crippen LogP contribution in [0.4, 0.5) is 4.39 Å². The second kappa shape index (κ2) is 5.94. The Balaban J connectivity index is 2.27. The van der Waals surface area contributed by atoms with Crippen LogP contribution in [0, 0.1) is 19.7 Å². The number of halogens is 3. The molecule has 0 aliphatic rings. The van der Waals surface area contributed by atoms with Crippen LogP contribution in [-0.4, -0.2) is 0 Å². The Hall–Kier alpha value is -1.05. The largest absolute Gasteiger partial charge is 0.207 e. The maximum absolute atomic E-state index is 13.8. The van der Waals surface area contributed by atoms with Crippen molar-refractivity contribution >= 4 is 23.2 Å². The summed E-state index contributed by atoms with van der Waals surface area (Å²) in [5, 5.41) is 0.0854. The first-order valence-corrected chi connectivity index (χ1v) is 6.94. The molecule has 0 bridgehead atoms. The number of hydrogen-bond donors (Lipinski definition) is 0. The number of alkyl halides is 1. The predicted octanol–water partition coefficient (Wildman–Crippen LogP) is 5.62. The topological polar surface area (TPSA) is 0 Å². The van der Waals surface area contributed by atoms with Gasteiger partial charge in [0.2, 0.25) is 0 Å². The summed E-state index contributed by atoms with van der Waals surface area (Å²) in [6, 6.07) is 10.7. The van der Waals surface area contributed by atoms with Gasteiger partial charge < -0.3 is 0 Å². The molecule has 2 rings (SSSR count). The second-order valence-electron chi connectivity index (χ2n) is 4.77. The molecule has 0 spiro atoms. The van der Waals surface area contributed by atoms with Crippen molar-refractivity contribution in [3.8, 4) is 0 Å². The average Bonchev–Trinajstić information content (AvgIpc) is 2.36. The van der Waals surface area contributed by atoms with Crippen molar-refractivity contribution in [1.82, 2.24) is 0 Å². The Morgan fingerprint density at radius 3 is 2.58 bits per heavy atom. The highest BCUT2D eigenvalue weighted by atomic mass is 35.5. The summed E-state index contributed by atoms with van der Waals surface area (Å²) < 4.78 is 13.8. The Kier molecular flexibility index (Phi) is 4.49. The lowest BCUT2D eigenvalue weighted by molar-refractivity contribution is 0.605. The van der Waals surface area contributed by atoms with Gasteiger partial charge in [0, 0.05) is 10.6 Å². The van der Waals surface area contributed by atoms with Crippen LogP contribution in [-0.2, 0) is 6.42 Å². The van der Waals surface area contributed by atoms with Crippen molar-refractivity contribution in [3.63, 3.8) is 0 Å². The monoisotopic (exact) mass is 296 g/mol. The third kappa shape index (κ3) is 3.49. The molecular formula is C16H15Cl2F. The highest BCUT2D eigenvalue weighted by molar-refractivity contribution is 6.30. The van der Waals surface area contributed by atoms with Crippen LogP contribution < -0.4 is 0 Å². The standard InChI is InChI=1S/C16H15Cl2F/c1-10-3-4-11(2)12(7-10)8-15(18)14-9-13(17)5-6-16(14)19/h3-7,9,15H,8H2,1-2H3. The molecule has 2 aromatic carbocycles. The first kappa shape index (κ1) is 14.4. The molecule has 0 saturated heterocycles. The van der Waals surface area contributed by atoms with E-state index in [9.17, 15) is 4.39 Å². The van der Waals surface area contributed by atoms with E-state index in [1.165, 1.54) is 23.3 Å². The van der Waals surface area contributed by atoms with Crippen molar-refractivity contribution in [2.75, 3.05) is 0 Å². The highest BCUT2D eigenvalue weighted by Gasteiger charge is 2.15. The van der Waals surface area contributed by atoms with Gasteiger partial charge in [0.25, 0.3) is 0 Å². The molecule has 0 radical (unpaired) electrons. The van der Waals surface area contributed by atoms with Gasteiger partial charge in [-0.3, -0.25) is 0 Å². The molecule has 0 fully saturated rings. The molecule has 0 saturated carbocycles. The first-order chi connectivity index (χ1) is 8.97. The fourth-order valence-corrected chi connectivity index (χ4v) is 2.59. The second-order valence-corrected chi connectivity index (χ2v) is 5.73. The van der Waals surface area contributed by atoms with Crippen LogP contribution in [0.3, 0.4) is 0 Å². The minimum absolute atomic E-state index is 0.310. The van der Waals surface area contributed by atoms with E-state index in [0.717, 1.165) is 5.56 Å². The number of rotatable bonds is 3. The van der Waals surface area contributed by atoms with Crippen LogP contribution in [0.25, 0.3) is 0 Å². The van der Waals surface area contributed by atoms with Crippen molar-refractivity contribution in [2.45, 2.75) is 25.6 Å². The lowest BCUT2D eigenvalue weighted by Gasteiger charge is -2.14. The van der Waals surface area contributed by atoms with Gasteiger partial charge in [-0.1, -0.05) is 35.4 Å². The molecule has 100 valence electrons. The van der Waals surface area contributed by atoms with E-state index in [2.05, 4.69) is 18.2 Å². The number of hydrogen-bond acceptors (Lipinski definition) is 0. The smallest absolute Gasteiger partial charge is 0.128 e. The van der Waals surface area contributed by atoms with Gasteiger partial charge in [0.1, 0.15) is 5.82 Å². The van der Waals surface area contributed by atoms with Gasteiger partial charge in [-0.25, -0.2) is 4.39 Å². The van der Waals surface area contributed by atoms with E-state index in [1.54, 1.807) is 6.07 Å². The van der Waals surface area contributed by atoms with Crippen LogP contribution in [0.2, 0.25) is 5.02 Å². The minimum atomic E-state index is -0.417. The van der Waals surface area contributed by atoms with Crippen LogP contribution in [0.1, 0.15) is 27.6 Å². The molecule has 0 nitrogen and oxygen atoms in total. The average molecular weight is 297 g/mol. The molecule has 0 amide bonds. The maximum atomic E-state index is 13.8. The molecule has 0 aliphatic heterocycles.